The van der Waals surface area contributed by atoms with Crippen LogP contribution in [0.15, 0.2) is 6.07 Å². The van der Waals surface area contributed by atoms with Crippen molar-refractivity contribution in [2.24, 2.45) is 0 Å². The molecule has 1 heterocycles. The average Bonchev–Trinajstić information content (AvgIpc) is 2.86. The number of rotatable bonds is 3. The van der Waals surface area contributed by atoms with Crippen LogP contribution in [0.5, 0.6) is 0 Å². The van der Waals surface area contributed by atoms with Crippen LogP contribution in [0.3, 0.4) is 0 Å². The van der Waals surface area contributed by atoms with Gasteiger partial charge in [0.15, 0.2) is 0 Å². The summed E-state index contributed by atoms with van der Waals surface area (Å²) < 4.78 is 0. The number of nitrogens with one attached hydrogen (secondary N) is 1. The highest BCUT2D eigenvalue weighted by Gasteiger charge is 2.39. The Morgan fingerprint density at radius 1 is 1.44 bits per heavy atom. The van der Waals surface area contributed by atoms with Crippen LogP contribution in [-0.2, 0) is 4.79 Å². The number of thiophene rings is 1. The van der Waals surface area contributed by atoms with Crippen molar-refractivity contribution in [2.75, 3.05) is 0 Å². The Morgan fingerprint density at radius 2 is 2.06 bits per heavy atom. The fourth-order valence-electron chi connectivity index (χ4n) is 2.68. The smallest absolute Gasteiger partial charge is 0.252 e. The quantitative estimate of drug-likeness (QED) is 0.884. The summed E-state index contributed by atoms with van der Waals surface area (Å²) in [5.74, 6) is -0.212. The maximum absolute atomic E-state index is 12.1. The van der Waals surface area contributed by atoms with Gasteiger partial charge in [-0.1, -0.05) is 0 Å². The van der Waals surface area contributed by atoms with Gasteiger partial charge in [-0.3, -0.25) is 4.79 Å². The molecule has 1 aromatic rings. The molecule has 2 rings (SSSR count). The number of carbonyl (C=O) groups excluding carboxylic acids is 1. The zero-order chi connectivity index (χ0) is 13.3. The second-order valence-electron chi connectivity index (χ2n) is 5.30. The van der Waals surface area contributed by atoms with Gasteiger partial charge in [-0.15, -0.1) is 11.3 Å². The predicted octanol–water partition coefficient (Wildman–Crippen LogP) is 2.85. The Hall–Kier alpha value is -0.870. The van der Waals surface area contributed by atoms with Gasteiger partial charge in [0.05, 0.1) is 6.04 Å². The van der Waals surface area contributed by atoms with E-state index >= 15 is 0 Å². The van der Waals surface area contributed by atoms with Gasteiger partial charge in [0, 0.05) is 9.75 Å². The van der Waals surface area contributed by atoms with Crippen LogP contribution in [0.2, 0.25) is 0 Å². The zero-order valence-electron chi connectivity index (χ0n) is 11.2. The molecule has 18 heavy (non-hydrogen) atoms. The van der Waals surface area contributed by atoms with E-state index in [4.69, 9.17) is 0 Å². The normalized spacial score (nSPS) is 19.8. The molecule has 0 spiro atoms. The number of hydrogen-bond donors (Lipinski definition) is 2. The molecule has 0 bridgehead atoms. The maximum Gasteiger partial charge on any atom is 0.252 e. The molecule has 100 valence electrons. The van der Waals surface area contributed by atoms with Crippen molar-refractivity contribution in [3.05, 3.63) is 21.4 Å². The van der Waals surface area contributed by atoms with Gasteiger partial charge in [0.2, 0.25) is 0 Å². The van der Waals surface area contributed by atoms with Crippen molar-refractivity contribution >= 4 is 17.2 Å². The van der Waals surface area contributed by atoms with Crippen molar-refractivity contribution in [1.29, 1.82) is 0 Å². The van der Waals surface area contributed by atoms with E-state index in [1.54, 1.807) is 11.3 Å². The van der Waals surface area contributed by atoms with Crippen molar-refractivity contribution in [3.63, 3.8) is 0 Å². The highest BCUT2D eigenvalue weighted by Crippen LogP contribution is 2.31. The number of aliphatic hydroxyl groups is 1. The van der Waals surface area contributed by atoms with E-state index < -0.39 is 5.60 Å². The molecule has 0 radical (unpaired) electrons. The van der Waals surface area contributed by atoms with E-state index in [1.165, 1.54) is 9.75 Å². The highest BCUT2D eigenvalue weighted by atomic mass is 32.1. The largest absolute Gasteiger partial charge is 0.380 e. The zero-order valence-corrected chi connectivity index (χ0v) is 12.1. The molecule has 1 aliphatic rings. The lowest BCUT2D eigenvalue weighted by Crippen LogP contribution is -2.45. The summed E-state index contributed by atoms with van der Waals surface area (Å²) in [6.45, 7) is 6.12. The minimum absolute atomic E-state index is 0.0351. The molecule has 3 nitrogen and oxygen atoms in total. The number of carbonyl (C=O) groups is 1. The molecule has 1 saturated carbocycles. The first-order chi connectivity index (χ1) is 8.42. The summed E-state index contributed by atoms with van der Waals surface area (Å²) in [5.41, 5.74) is 0.0280. The monoisotopic (exact) mass is 267 g/mol. The van der Waals surface area contributed by atoms with Crippen LogP contribution in [-0.4, -0.2) is 16.6 Å². The second kappa shape index (κ2) is 5.02. The third kappa shape index (κ3) is 2.59. The summed E-state index contributed by atoms with van der Waals surface area (Å²) in [6.07, 6.45) is 3.06. The van der Waals surface area contributed by atoms with Gasteiger partial charge >= 0.3 is 0 Å². The van der Waals surface area contributed by atoms with E-state index in [0.717, 1.165) is 18.4 Å². The van der Waals surface area contributed by atoms with Gasteiger partial charge in [-0.05, 0) is 58.1 Å². The minimum atomic E-state index is -1.13. The molecular formula is C14H21NO2S. The molecule has 0 aromatic carbocycles. The first kappa shape index (κ1) is 13.6. The molecule has 1 aromatic heterocycles. The summed E-state index contributed by atoms with van der Waals surface area (Å²) in [7, 11) is 0. The van der Waals surface area contributed by atoms with E-state index in [2.05, 4.69) is 25.2 Å². The minimum Gasteiger partial charge on any atom is -0.380 e. The molecule has 1 unspecified atom stereocenters. The Bertz CT molecular complexity index is 447. The van der Waals surface area contributed by atoms with E-state index in [9.17, 15) is 9.90 Å². The summed E-state index contributed by atoms with van der Waals surface area (Å²) in [4.78, 5) is 14.6. The molecule has 4 heteroatoms. The van der Waals surface area contributed by atoms with Gasteiger partial charge in [-0.2, -0.15) is 0 Å². The summed E-state index contributed by atoms with van der Waals surface area (Å²) >= 11 is 1.74. The Morgan fingerprint density at radius 3 is 2.56 bits per heavy atom. The molecule has 1 fully saturated rings. The fraction of sp³-hybridized carbons (Fsp3) is 0.643. The number of hydrogen-bond acceptors (Lipinski definition) is 3. The predicted molar refractivity (Wildman–Crippen MR) is 73.8 cm³/mol. The number of aryl methyl sites for hydroxylation is 2. The van der Waals surface area contributed by atoms with Gasteiger partial charge in [-0.25, -0.2) is 0 Å². The lowest BCUT2D eigenvalue weighted by atomic mass is 10.00. The van der Waals surface area contributed by atoms with Crippen molar-refractivity contribution < 1.29 is 9.90 Å². The van der Waals surface area contributed by atoms with Crippen LogP contribution in [0.4, 0.5) is 0 Å². The molecule has 2 N–H and O–H groups in total. The van der Waals surface area contributed by atoms with Crippen LogP contribution in [0.25, 0.3) is 0 Å². The molecular weight excluding hydrogens is 246 g/mol. The van der Waals surface area contributed by atoms with Gasteiger partial charge in [0.1, 0.15) is 5.60 Å². The van der Waals surface area contributed by atoms with E-state index in [1.807, 2.05) is 6.92 Å². The standard InChI is InChI=1S/C14H21NO2S/c1-9-8-12(11(3)18-9)10(2)15-13(16)14(17)6-4-5-7-14/h8,10,17H,4-7H2,1-3H3,(H,15,16). The first-order valence-electron chi connectivity index (χ1n) is 6.53. The summed E-state index contributed by atoms with van der Waals surface area (Å²) in [6, 6.07) is 2.08. The van der Waals surface area contributed by atoms with E-state index in [0.29, 0.717) is 12.8 Å². The van der Waals surface area contributed by atoms with E-state index in [-0.39, 0.29) is 11.9 Å². The summed E-state index contributed by atoms with van der Waals surface area (Å²) in [5, 5.41) is 13.2. The Labute approximate surface area is 112 Å². The second-order valence-corrected chi connectivity index (χ2v) is 6.76. The lowest BCUT2D eigenvalue weighted by Gasteiger charge is -2.24. The third-order valence-corrected chi connectivity index (χ3v) is 4.73. The number of amides is 1. The lowest BCUT2D eigenvalue weighted by molar-refractivity contribution is -0.139. The first-order valence-corrected chi connectivity index (χ1v) is 7.34. The maximum atomic E-state index is 12.1. The van der Waals surface area contributed by atoms with Gasteiger partial charge in [0.25, 0.3) is 5.91 Å². The van der Waals surface area contributed by atoms with Crippen LogP contribution < -0.4 is 5.32 Å². The Balaban J connectivity index is 2.05. The molecule has 1 atom stereocenters. The van der Waals surface area contributed by atoms with Crippen molar-refractivity contribution in [2.45, 2.75) is 58.1 Å². The molecule has 1 aliphatic carbocycles. The average molecular weight is 267 g/mol. The highest BCUT2D eigenvalue weighted by molar-refractivity contribution is 7.12. The van der Waals surface area contributed by atoms with Crippen molar-refractivity contribution in [3.8, 4) is 0 Å². The molecule has 0 aliphatic heterocycles. The third-order valence-electron chi connectivity index (χ3n) is 3.75. The SMILES string of the molecule is Cc1cc(C(C)NC(=O)C2(O)CCCC2)c(C)s1. The fourth-order valence-corrected chi connectivity index (χ4v) is 3.70. The topological polar surface area (TPSA) is 49.3 Å². The van der Waals surface area contributed by atoms with Crippen LogP contribution in [0, 0.1) is 13.8 Å². The van der Waals surface area contributed by atoms with Gasteiger partial charge < -0.3 is 10.4 Å². The van der Waals surface area contributed by atoms with Crippen LogP contribution in [0.1, 0.15) is 54.0 Å². The molecule has 0 saturated heterocycles. The Kier molecular flexibility index (Phi) is 3.78. The molecule has 1 amide bonds. The van der Waals surface area contributed by atoms with Crippen molar-refractivity contribution in [1.82, 2.24) is 5.32 Å². The van der Waals surface area contributed by atoms with Crippen LogP contribution >= 0.6 is 11.3 Å².